The Morgan fingerprint density at radius 1 is 1.04 bits per heavy atom. The molecule has 0 N–H and O–H groups in total. The van der Waals surface area contributed by atoms with Crippen LogP contribution in [0.1, 0.15) is 75.4 Å². The molecule has 4 rings (SSSR count). The first-order chi connectivity index (χ1) is 13.5. The van der Waals surface area contributed by atoms with Gasteiger partial charge in [-0.25, -0.2) is 4.98 Å². The molecule has 2 amide bonds. The molecule has 7 heteroatoms. The minimum absolute atomic E-state index is 0.00650. The molecule has 0 spiro atoms. The summed E-state index contributed by atoms with van der Waals surface area (Å²) >= 11 is 1.51. The number of carbonyl (C=O) groups excluding carboxylic acids is 2. The molecular formula is C21H27N3O3S. The zero-order valence-corrected chi connectivity index (χ0v) is 17.4. The minimum atomic E-state index is -0.00650. The highest BCUT2D eigenvalue weighted by Gasteiger charge is 2.31. The Morgan fingerprint density at radius 2 is 1.71 bits per heavy atom. The lowest BCUT2D eigenvalue weighted by atomic mass is 9.96. The summed E-state index contributed by atoms with van der Waals surface area (Å²) in [5, 5.41) is 1.96. The van der Waals surface area contributed by atoms with E-state index in [0.29, 0.717) is 30.4 Å². The summed E-state index contributed by atoms with van der Waals surface area (Å²) in [6.45, 7) is 6.81. The summed E-state index contributed by atoms with van der Waals surface area (Å²) in [5.41, 5.74) is 1.51. The van der Waals surface area contributed by atoms with Gasteiger partial charge in [-0.2, -0.15) is 0 Å². The van der Waals surface area contributed by atoms with Gasteiger partial charge in [0.2, 0.25) is 0 Å². The van der Waals surface area contributed by atoms with E-state index in [-0.39, 0.29) is 17.7 Å². The van der Waals surface area contributed by atoms with Gasteiger partial charge in [-0.05, 0) is 63.0 Å². The van der Waals surface area contributed by atoms with Crippen LogP contribution >= 0.6 is 11.3 Å². The summed E-state index contributed by atoms with van der Waals surface area (Å²) in [6.07, 6.45) is 4.94. The normalized spacial score (nSPS) is 18.5. The van der Waals surface area contributed by atoms with Gasteiger partial charge in [0.05, 0.1) is 4.88 Å². The van der Waals surface area contributed by atoms with Crippen LogP contribution in [-0.4, -0.2) is 52.8 Å². The Balaban J connectivity index is 1.40. The van der Waals surface area contributed by atoms with Crippen LogP contribution in [-0.2, 0) is 0 Å². The molecule has 28 heavy (non-hydrogen) atoms. The number of piperidine rings is 2. The zero-order valence-electron chi connectivity index (χ0n) is 16.6. The van der Waals surface area contributed by atoms with Gasteiger partial charge >= 0.3 is 0 Å². The molecule has 0 aromatic carbocycles. The third kappa shape index (κ3) is 3.72. The van der Waals surface area contributed by atoms with Crippen molar-refractivity contribution in [2.24, 2.45) is 0 Å². The molecule has 0 unspecified atom stereocenters. The molecule has 0 aliphatic carbocycles. The maximum absolute atomic E-state index is 12.8. The van der Waals surface area contributed by atoms with Crippen LogP contribution in [0.25, 0.3) is 0 Å². The maximum Gasteiger partial charge on any atom is 0.276 e. The Hall–Kier alpha value is -2.15. The van der Waals surface area contributed by atoms with Crippen LogP contribution in [0, 0.1) is 13.8 Å². The highest BCUT2D eigenvalue weighted by molar-refractivity contribution is 7.12. The minimum Gasteiger partial charge on any atom is -0.445 e. The fraction of sp³-hybridized carbons (Fsp3) is 0.571. The lowest BCUT2D eigenvalue weighted by Crippen LogP contribution is -2.38. The number of carbonyl (C=O) groups is 2. The molecule has 150 valence electrons. The van der Waals surface area contributed by atoms with Crippen molar-refractivity contribution in [2.45, 2.75) is 51.9 Å². The van der Waals surface area contributed by atoms with Gasteiger partial charge in [0.1, 0.15) is 5.76 Å². The second-order valence-electron chi connectivity index (χ2n) is 7.81. The average molecular weight is 402 g/mol. The van der Waals surface area contributed by atoms with Crippen molar-refractivity contribution < 1.29 is 14.0 Å². The fourth-order valence-electron chi connectivity index (χ4n) is 4.10. The molecule has 2 fully saturated rings. The number of hydrogen-bond acceptors (Lipinski definition) is 5. The van der Waals surface area contributed by atoms with E-state index in [0.717, 1.165) is 49.2 Å². The standard InChI is InChI=1S/C21H27N3O3S/c1-14-8-13-28-18(14)21(26)24-11-6-16(7-12-24)19-22-17(15(2)27-19)20(25)23-9-4-3-5-10-23/h8,13,16H,3-7,9-12H2,1-2H3. The van der Waals surface area contributed by atoms with Crippen LogP contribution in [0.5, 0.6) is 0 Å². The first-order valence-electron chi connectivity index (χ1n) is 10.1. The highest BCUT2D eigenvalue weighted by atomic mass is 32.1. The van der Waals surface area contributed by atoms with Gasteiger partial charge in [0.15, 0.2) is 11.6 Å². The quantitative estimate of drug-likeness (QED) is 0.780. The molecule has 2 saturated heterocycles. The van der Waals surface area contributed by atoms with Crippen molar-refractivity contribution in [1.82, 2.24) is 14.8 Å². The summed E-state index contributed by atoms with van der Waals surface area (Å²) in [7, 11) is 0. The maximum atomic E-state index is 12.8. The second kappa shape index (κ2) is 8.07. The van der Waals surface area contributed by atoms with Crippen molar-refractivity contribution in [2.75, 3.05) is 26.2 Å². The molecule has 0 radical (unpaired) electrons. The van der Waals surface area contributed by atoms with Crippen LogP contribution in [0.4, 0.5) is 0 Å². The molecular weight excluding hydrogens is 374 g/mol. The van der Waals surface area contributed by atoms with E-state index >= 15 is 0 Å². The number of aromatic nitrogens is 1. The largest absolute Gasteiger partial charge is 0.445 e. The summed E-state index contributed by atoms with van der Waals surface area (Å²) in [4.78, 5) is 34.7. The van der Waals surface area contributed by atoms with Gasteiger partial charge in [-0.15, -0.1) is 11.3 Å². The number of thiophene rings is 1. The molecule has 6 nitrogen and oxygen atoms in total. The predicted octanol–water partition coefficient (Wildman–Crippen LogP) is 4.00. The van der Waals surface area contributed by atoms with E-state index < -0.39 is 0 Å². The first kappa shape index (κ1) is 19.2. The molecule has 2 aromatic heterocycles. The third-order valence-electron chi connectivity index (χ3n) is 5.85. The van der Waals surface area contributed by atoms with Crippen molar-refractivity contribution in [1.29, 1.82) is 0 Å². The van der Waals surface area contributed by atoms with Crippen molar-refractivity contribution in [3.8, 4) is 0 Å². The van der Waals surface area contributed by atoms with E-state index in [9.17, 15) is 9.59 Å². The Kier molecular flexibility index (Phi) is 5.53. The topological polar surface area (TPSA) is 66.7 Å². The lowest BCUT2D eigenvalue weighted by molar-refractivity contribution is 0.0707. The number of likely N-dealkylation sites (tertiary alicyclic amines) is 2. The van der Waals surface area contributed by atoms with Gasteiger partial charge in [0, 0.05) is 32.1 Å². The summed E-state index contributed by atoms with van der Waals surface area (Å²) in [6, 6.07) is 1.99. The molecule has 2 aliphatic rings. The van der Waals surface area contributed by atoms with E-state index in [1.807, 2.05) is 35.1 Å². The molecule has 2 aliphatic heterocycles. The number of aryl methyl sites for hydroxylation is 2. The summed E-state index contributed by atoms with van der Waals surface area (Å²) in [5.74, 6) is 1.54. The fourth-order valence-corrected chi connectivity index (χ4v) is 4.99. The smallest absolute Gasteiger partial charge is 0.276 e. The second-order valence-corrected chi connectivity index (χ2v) is 8.73. The SMILES string of the molecule is Cc1ccsc1C(=O)N1CCC(c2nc(C(=O)N3CCCCC3)c(C)o2)CC1. The van der Waals surface area contributed by atoms with Crippen LogP contribution in [0.3, 0.4) is 0 Å². The monoisotopic (exact) mass is 401 g/mol. The predicted molar refractivity (Wildman–Crippen MR) is 108 cm³/mol. The third-order valence-corrected chi connectivity index (χ3v) is 6.85. The number of hydrogen-bond donors (Lipinski definition) is 0. The van der Waals surface area contributed by atoms with Crippen LogP contribution in [0.15, 0.2) is 15.9 Å². The molecule has 2 aromatic rings. The Bertz CT molecular complexity index is 858. The van der Waals surface area contributed by atoms with Gasteiger partial charge < -0.3 is 14.2 Å². The van der Waals surface area contributed by atoms with E-state index in [1.165, 1.54) is 17.8 Å². The van der Waals surface area contributed by atoms with Gasteiger partial charge in [-0.1, -0.05) is 0 Å². The number of oxazole rings is 1. The van der Waals surface area contributed by atoms with E-state index in [2.05, 4.69) is 4.98 Å². The summed E-state index contributed by atoms with van der Waals surface area (Å²) < 4.78 is 5.89. The highest BCUT2D eigenvalue weighted by Crippen LogP contribution is 2.31. The Labute approximate surface area is 169 Å². The molecule has 4 heterocycles. The van der Waals surface area contributed by atoms with Gasteiger partial charge in [-0.3, -0.25) is 9.59 Å². The van der Waals surface area contributed by atoms with Crippen LogP contribution < -0.4 is 0 Å². The number of nitrogens with zero attached hydrogens (tertiary/aromatic N) is 3. The van der Waals surface area contributed by atoms with E-state index in [4.69, 9.17) is 4.42 Å². The van der Waals surface area contributed by atoms with Crippen molar-refractivity contribution in [3.05, 3.63) is 39.2 Å². The molecule has 0 atom stereocenters. The molecule has 0 saturated carbocycles. The van der Waals surface area contributed by atoms with Crippen LogP contribution in [0.2, 0.25) is 0 Å². The zero-order chi connectivity index (χ0) is 19.7. The van der Waals surface area contributed by atoms with Crippen molar-refractivity contribution in [3.63, 3.8) is 0 Å². The van der Waals surface area contributed by atoms with Crippen molar-refractivity contribution >= 4 is 23.2 Å². The number of amides is 2. The first-order valence-corrected chi connectivity index (χ1v) is 11.0. The molecule has 0 bridgehead atoms. The lowest BCUT2D eigenvalue weighted by Gasteiger charge is -2.30. The van der Waals surface area contributed by atoms with E-state index in [1.54, 1.807) is 0 Å². The Morgan fingerprint density at radius 3 is 2.36 bits per heavy atom. The average Bonchev–Trinajstić information content (AvgIpc) is 3.33. The number of rotatable bonds is 3. The van der Waals surface area contributed by atoms with Gasteiger partial charge in [0.25, 0.3) is 11.8 Å².